The van der Waals surface area contributed by atoms with E-state index in [9.17, 15) is 0 Å². The molecular weight excluding hydrogens is 1420 g/mol. The van der Waals surface area contributed by atoms with E-state index in [1.54, 1.807) is 0 Å². The fourth-order valence-electron chi connectivity index (χ4n) is 15.8. The Balaban J connectivity index is 1.21. The van der Waals surface area contributed by atoms with Crippen LogP contribution in [0.4, 0.5) is 0 Å². The quantitative estimate of drug-likeness (QED) is 0.141. The van der Waals surface area contributed by atoms with Gasteiger partial charge in [-0.25, -0.2) is 19.9 Å². The Hall–Kier alpha value is -8.96. The van der Waals surface area contributed by atoms with E-state index in [-0.39, 0.29) is 43.3 Å². The van der Waals surface area contributed by atoms with E-state index in [0.29, 0.717) is 0 Å². The molecule has 10 heteroatoms. The second kappa shape index (κ2) is 23.8. The maximum Gasteiger partial charge on any atom is 0.0818 e. The minimum atomic E-state index is -0.170. The highest BCUT2D eigenvalue weighted by Crippen LogP contribution is 2.51. The van der Waals surface area contributed by atoms with Crippen LogP contribution in [0.3, 0.4) is 0 Å². The molecule has 16 rings (SSSR count). The van der Waals surface area contributed by atoms with Crippen LogP contribution in [-0.4, -0.2) is 39.9 Å². The van der Waals surface area contributed by atoms with Crippen LogP contribution in [0.1, 0.15) is 233 Å². The molecule has 2 aliphatic rings. The van der Waals surface area contributed by atoms with Crippen molar-refractivity contribution in [3.8, 4) is 44.5 Å². The second-order valence-corrected chi connectivity index (χ2v) is 40.4. The number of fused-ring (bicyclic) bond motifs is 14. The third-order valence-electron chi connectivity index (χ3n) is 22.5. The third-order valence-corrected chi connectivity index (χ3v) is 24.1. The zero-order chi connectivity index (χ0) is 75.7. The molecule has 14 aromatic rings. The molecule has 0 atom stereocenters. The summed E-state index contributed by atoms with van der Waals surface area (Å²) >= 11 is 8.42. The number of halogens is 2. The summed E-state index contributed by atoms with van der Waals surface area (Å²) < 4.78 is 1.73. The number of benzene rings is 6. The largest absolute Gasteiger partial charge is 0.354 e. The zero-order valence-electron chi connectivity index (χ0n) is 66.4. The second-order valence-electron chi connectivity index (χ2n) is 38.8. The number of hydrogen-bond acceptors (Lipinski definition) is 4. The maximum atomic E-state index is 6.25. The molecule has 8 nitrogen and oxygen atoms in total. The van der Waals surface area contributed by atoms with Gasteiger partial charge in [0.05, 0.1) is 75.9 Å². The first kappa shape index (κ1) is 71.3. The van der Waals surface area contributed by atoms with Crippen molar-refractivity contribution in [3.05, 3.63) is 198 Å². The Morgan fingerprint density at radius 3 is 0.774 bits per heavy atom. The number of nitrogens with one attached hydrogen (secondary N) is 4. The van der Waals surface area contributed by atoms with Crippen LogP contribution < -0.4 is 0 Å². The molecule has 4 N–H and O–H groups in total. The molecule has 0 aliphatic carbocycles. The summed E-state index contributed by atoms with van der Waals surface area (Å²) in [5, 5.41) is 6.09. The van der Waals surface area contributed by atoms with Crippen LogP contribution in [0, 0.1) is 0 Å². The summed E-state index contributed by atoms with van der Waals surface area (Å²) in [6.07, 6.45) is 8.75. The summed E-state index contributed by atoms with van der Waals surface area (Å²) in [5.41, 5.74) is 31.4. The lowest BCUT2D eigenvalue weighted by atomic mass is 9.78. The number of rotatable bonds is 4. The van der Waals surface area contributed by atoms with Gasteiger partial charge in [-0.1, -0.05) is 239 Å². The molecule has 0 fully saturated rings. The smallest absolute Gasteiger partial charge is 0.0818 e. The van der Waals surface area contributed by atoms with E-state index < -0.39 is 0 Å². The van der Waals surface area contributed by atoms with Crippen molar-refractivity contribution in [2.45, 2.75) is 209 Å². The highest BCUT2D eigenvalue weighted by atomic mass is 79.9. The molecule has 0 radical (unpaired) electrons. The van der Waals surface area contributed by atoms with Crippen molar-refractivity contribution < 1.29 is 0 Å². The topological polar surface area (TPSA) is 115 Å². The molecule has 16 bridgehead atoms. The van der Waals surface area contributed by atoms with Gasteiger partial charge in [-0.3, -0.25) is 0 Å². The average molecular weight is 1530 g/mol. The monoisotopic (exact) mass is 1520 g/mol. The van der Waals surface area contributed by atoms with Gasteiger partial charge in [0.2, 0.25) is 0 Å². The number of aromatic nitrogens is 8. The number of H-pyrrole nitrogens is 4. The molecule has 2 aliphatic heterocycles. The minimum Gasteiger partial charge on any atom is -0.354 e. The summed E-state index contributed by atoms with van der Waals surface area (Å²) in [7, 11) is 0. The highest BCUT2D eigenvalue weighted by Gasteiger charge is 2.32. The molecule has 6 aromatic carbocycles. The predicted molar refractivity (Wildman–Crippen MR) is 464 cm³/mol. The predicted octanol–water partition coefficient (Wildman–Crippen LogP) is 28.2. The van der Waals surface area contributed by atoms with Crippen LogP contribution in [0.5, 0.6) is 0 Å². The van der Waals surface area contributed by atoms with Gasteiger partial charge in [0, 0.05) is 76.6 Å². The van der Waals surface area contributed by atoms with Gasteiger partial charge in [0.15, 0.2) is 0 Å². The fraction of sp³-hybridized carbons (Fsp3) is 0.333. The Labute approximate surface area is 641 Å². The Morgan fingerprint density at radius 1 is 0.245 bits per heavy atom. The first-order valence-corrected chi connectivity index (χ1v) is 39.4. The highest BCUT2D eigenvalue weighted by molar-refractivity contribution is 9.11. The van der Waals surface area contributed by atoms with E-state index >= 15 is 0 Å². The summed E-state index contributed by atoms with van der Waals surface area (Å²) in [6, 6.07) is 47.4. The third kappa shape index (κ3) is 12.1. The molecule has 8 aromatic heterocycles. The van der Waals surface area contributed by atoms with Gasteiger partial charge < -0.3 is 19.9 Å². The summed E-state index contributed by atoms with van der Waals surface area (Å²) in [5.74, 6) is 0. The van der Waals surface area contributed by atoms with Crippen molar-refractivity contribution in [1.29, 1.82) is 0 Å². The molecule has 0 saturated carbocycles. The van der Waals surface area contributed by atoms with Crippen LogP contribution in [0.15, 0.2) is 130 Å². The SMILES string of the molecule is CC(C)(C)c1cc(-c2c3nc(c(Br)c4ccc([nH]4)c(-c4cc(C(C)(C)C)cc(C(C)(C)C)c4)c4cc5c6cc7nc6c6c8[nH]c(cc8c8cc2[nH]c8c6c5n4)c(-c2cc(C(C)(C)C)cc(C(C)(C)C)c2)c2nc(c(Br)c4ccc([nH]4)c7-c4cc(C(C)(C)C)cc(C(C)(C)C)c4)C=C2)C=C3)cc(C(C)(C)C)c1. The van der Waals surface area contributed by atoms with Crippen molar-refractivity contribution in [1.82, 2.24) is 39.9 Å². The number of hydrogen-bond donors (Lipinski definition) is 4. The maximum absolute atomic E-state index is 6.25. The molecule has 0 saturated heterocycles. The molecule has 0 spiro atoms. The number of aromatic amines is 4. The van der Waals surface area contributed by atoms with E-state index in [1.807, 2.05) is 0 Å². The zero-order valence-corrected chi connectivity index (χ0v) is 69.6. The minimum absolute atomic E-state index is 0.170. The van der Waals surface area contributed by atoms with Gasteiger partial charge in [-0.2, -0.15) is 0 Å². The van der Waals surface area contributed by atoms with Gasteiger partial charge in [0.25, 0.3) is 0 Å². The van der Waals surface area contributed by atoms with E-state index in [0.717, 1.165) is 175 Å². The molecule has 538 valence electrons. The molecule has 0 unspecified atom stereocenters. The van der Waals surface area contributed by atoms with E-state index in [2.05, 4.69) is 364 Å². The molecule has 106 heavy (non-hydrogen) atoms. The van der Waals surface area contributed by atoms with Crippen molar-refractivity contribution in [2.75, 3.05) is 0 Å². The van der Waals surface area contributed by atoms with E-state index in [1.165, 1.54) is 44.5 Å². The fourth-order valence-corrected chi connectivity index (χ4v) is 16.7. The normalized spacial score (nSPS) is 13.9. The van der Waals surface area contributed by atoms with Crippen molar-refractivity contribution in [2.24, 2.45) is 0 Å². The Morgan fingerprint density at radius 2 is 0.500 bits per heavy atom. The lowest BCUT2D eigenvalue weighted by Gasteiger charge is -2.26. The van der Waals surface area contributed by atoms with E-state index in [4.69, 9.17) is 19.9 Å². The Bertz CT molecular complexity index is 5840. The van der Waals surface area contributed by atoms with Gasteiger partial charge in [-0.05, 0) is 215 Å². The first-order valence-electron chi connectivity index (χ1n) is 37.8. The first-order chi connectivity index (χ1) is 49.3. The lowest BCUT2D eigenvalue weighted by molar-refractivity contribution is 0.568. The van der Waals surface area contributed by atoms with Gasteiger partial charge >= 0.3 is 0 Å². The molecule has 10 heterocycles. The average Bonchev–Trinajstić information content (AvgIpc) is 1.53. The van der Waals surface area contributed by atoms with Gasteiger partial charge in [-0.15, -0.1) is 0 Å². The lowest BCUT2D eigenvalue weighted by Crippen LogP contribution is -2.16. The van der Waals surface area contributed by atoms with Gasteiger partial charge in [0.1, 0.15) is 0 Å². The molecular formula is C96H100Br2N8. The van der Waals surface area contributed by atoms with Crippen LogP contribution in [0.25, 0.3) is 167 Å². The summed E-state index contributed by atoms with van der Waals surface area (Å²) in [4.78, 5) is 40.7. The van der Waals surface area contributed by atoms with Crippen molar-refractivity contribution in [3.63, 3.8) is 0 Å². The standard InChI is InChI=1S/C96H100Br2N8/c1-89(2,3)53-33-49(34-54(41-53)90(4,5)6)77-65-25-29-69(99-65)83(97)70-30-26-66(100-70)79(51-37-57(93(13,14)15)43-58(38-51)94(16,17)18)75-47-63-64-48-76-80(52-39-59(95(19,20)21)44-60(40-52)96(22,23)24)68-28-32-72(102-68)84(98)71-31-27-67(101-71)78(50-35-55(91(7,8)9)42-56(36-50)92(10,11)12)74-46-62-61-45-73(77)103-85(61)81(87(63)105-75)82(86(62)104-74)88(64)106-76/h25-48,99,101,105-106H,1-24H3. The van der Waals surface area contributed by atoms with Crippen LogP contribution >= 0.6 is 31.9 Å². The molecule has 0 amide bonds. The number of nitrogens with zero attached hydrogens (tertiary/aromatic N) is 4. The Kier molecular flexibility index (Phi) is 16.0. The summed E-state index contributed by atoms with van der Waals surface area (Å²) in [6.45, 7) is 55.7. The van der Waals surface area contributed by atoms with Crippen molar-refractivity contribution >= 4 is 155 Å². The van der Waals surface area contributed by atoms with Crippen LogP contribution in [0.2, 0.25) is 0 Å². The van der Waals surface area contributed by atoms with Crippen LogP contribution in [-0.2, 0) is 43.3 Å².